The Morgan fingerprint density at radius 1 is 1.25 bits per heavy atom. The molecule has 1 saturated heterocycles. The molecule has 3 aromatic rings. The normalized spacial score (nSPS) is 18.4. The SMILES string of the molecule is CN1CCN(C)C(CNC(=O)c2cnc3c(c2)ncn3Cc2cccnc2)C1. The summed E-state index contributed by atoms with van der Waals surface area (Å²) in [6, 6.07) is 6.04. The predicted octanol–water partition coefficient (Wildman–Crippen LogP) is 0.850. The van der Waals surface area contributed by atoms with E-state index in [9.17, 15) is 4.79 Å². The minimum atomic E-state index is -0.113. The van der Waals surface area contributed by atoms with Crippen LogP contribution in [0.1, 0.15) is 15.9 Å². The quantitative estimate of drug-likeness (QED) is 0.708. The molecule has 4 heterocycles. The van der Waals surface area contributed by atoms with Crippen molar-refractivity contribution in [2.24, 2.45) is 0 Å². The summed E-state index contributed by atoms with van der Waals surface area (Å²) in [5, 5.41) is 3.04. The van der Waals surface area contributed by atoms with Gasteiger partial charge in [-0.05, 0) is 31.8 Å². The van der Waals surface area contributed by atoms with Crippen molar-refractivity contribution in [2.45, 2.75) is 12.6 Å². The Kier molecular flexibility index (Phi) is 5.31. The number of hydrogen-bond donors (Lipinski definition) is 1. The number of nitrogens with one attached hydrogen (secondary N) is 1. The standard InChI is InChI=1S/C20H25N7O/c1-25-6-7-26(2)17(13-25)11-23-20(28)16-8-18-19(22-10-16)27(14-24-18)12-15-4-3-5-21-9-15/h3-5,8-10,14,17H,6-7,11-13H2,1-2H3,(H,23,28). The second-order valence-corrected chi connectivity index (χ2v) is 7.41. The Hall–Kier alpha value is -2.84. The number of nitrogens with zero attached hydrogens (tertiary/aromatic N) is 6. The molecule has 0 aliphatic carbocycles. The van der Waals surface area contributed by atoms with Crippen LogP contribution in [0.5, 0.6) is 0 Å². The lowest BCUT2D eigenvalue weighted by Crippen LogP contribution is -2.54. The van der Waals surface area contributed by atoms with Gasteiger partial charge in [-0.2, -0.15) is 0 Å². The fraction of sp³-hybridized carbons (Fsp3) is 0.400. The summed E-state index contributed by atoms with van der Waals surface area (Å²) >= 11 is 0. The molecule has 3 aromatic heterocycles. The maximum atomic E-state index is 12.6. The summed E-state index contributed by atoms with van der Waals surface area (Å²) in [5.74, 6) is -0.113. The highest BCUT2D eigenvalue weighted by molar-refractivity contribution is 5.96. The maximum absolute atomic E-state index is 12.6. The minimum Gasteiger partial charge on any atom is -0.350 e. The highest BCUT2D eigenvalue weighted by Gasteiger charge is 2.22. The zero-order valence-corrected chi connectivity index (χ0v) is 16.2. The number of carbonyl (C=O) groups excluding carboxylic acids is 1. The molecule has 4 rings (SSSR count). The van der Waals surface area contributed by atoms with E-state index in [1.54, 1.807) is 24.8 Å². The van der Waals surface area contributed by atoms with Gasteiger partial charge in [-0.15, -0.1) is 0 Å². The largest absolute Gasteiger partial charge is 0.350 e. The van der Waals surface area contributed by atoms with Crippen LogP contribution in [0.15, 0.2) is 43.1 Å². The molecule has 1 amide bonds. The second-order valence-electron chi connectivity index (χ2n) is 7.41. The van der Waals surface area contributed by atoms with Gasteiger partial charge in [-0.25, -0.2) is 9.97 Å². The zero-order chi connectivity index (χ0) is 19.5. The molecular weight excluding hydrogens is 354 g/mol. The number of piperazine rings is 1. The Morgan fingerprint density at radius 2 is 2.14 bits per heavy atom. The van der Waals surface area contributed by atoms with Gasteiger partial charge in [0, 0.05) is 50.8 Å². The summed E-state index contributed by atoms with van der Waals surface area (Å²) < 4.78 is 1.96. The number of pyridine rings is 2. The molecule has 0 spiro atoms. The van der Waals surface area contributed by atoms with Crippen LogP contribution < -0.4 is 5.32 Å². The molecule has 0 saturated carbocycles. The molecule has 1 unspecified atom stereocenters. The van der Waals surface area contributed by atoms with E-state index in [1.807, 2.05) is 22.9 Å². The Morgan fingerprint density at radius 3 is 2.96 bits per heavy atom. The van der Waals surface area contributed by atoms with E-state index < -0.39 is 0 Å². The van der Waals surface area contributed by atoms with Gasteiger partial charge in [0.1, 0.15) is 5.52 Å². The molecule has 0 bridgehead atoms. The number of fused-ring (bicyclic) bond motifs is 1. The van der Waals surface area contributed by atoms with Gasteiger partial charge in [0.2, 0.25) is 0 Å². The van der Waals surface area contributed by atoms with E-state index >= 15 is 0 Å². The van der Waals surface area contributed by atoms with Crippen LogP contribution in [0.4, 0.5) is 0 Å². The zero-order valence-electron chi connectivity index (χ0n) is 16.2. The average Bonchev–Trinajstić information content (AvgIpc) is 3.11. The molecule has 8 nitrogen and oxygen atoms in total. The highest BCUT2D eigenvalue weighted by Crippen LogP contribution is 2.14. The van der Waals surface area contributed by atoms with Gasteiger partial charge in [0.25, 0.3) is 5.91 Å². The van der Waals surface area contributed by atoms with E-state index in [-0.39, 0.29) is 5.91 Å². The van der Waals surface area contributed by atoms with Gasteiger partial charge in [-0.1, -0.05) is 6.07 Å². The van der Waals surface area contributed by atoms with Crippen LogP contribution in [0, 0.1) is 0 Å². The van der Waals surface area contributed by atoms with Gasteiger partial charge in [0.15, 0.2) is 5.65 Å². The van der Waals surface area contributed by atoms with Crippen molar-refractivity contribution in [3.8, 4) is 0 Å². The second kappa shape index (κ2) is 8.04. The third-order valence-electron chi connectivity index (χ3n) is 5.27. The summed E-state index contributed by atoms with van der Waals surface area (Å²) in [6.07, 6.45) is 6.95. The first-order chi connectivity index (χ1) is 13.6. The molecule has 1 N–H and O–H groups in total. The van der Waals surface area contributed by atoms with Crippen molar-refractivity contribution in [1.29, 1.82) is 0 Å². The van der Waals surface area contributed by atoms with Crippen LogP contribution in [0.25, 0.3) is 11.2 Å². The van der Waals surface area contributed by atoms with Crippen molar-refractivity contribution in [3.63, 3.8) is 0 Å². The molecule has 0 aromatic carbocycles. The molecule has 1 fully saturated rings. The lowest BCUT2D eigenvalue weighted by atomic mass is 10.1. The number of imidazole rings is 1. The lowest BCUT2D eigenvalue weighted by Gasteiger charge is -2.37. The molecular formula is C20H25N7O. The van der Waals surface area contributed by atoms with Crippen LogP contribution >= 0.6 is 0 Å². The van der Waals surface area contributed by atoms with Gasteiger partial charge >= 0.3 is 0 Å². The van der Waals surface area contributed by atoms with Gasteiger partial charge in [0.05, 0.1) is 18.4 Å². The molecule has 1 aliphatic rings. The fourth-order valence-corrected chi connectivity index (χ4v) is 3.51. The Labute approximate surface area is 164 Å². The van der Waals surface area contributed by atoms with Crippen LogP contribution in [0.3, 0.4) is 0 Å². The van der Waals surface area contributed by atoms with Gasteiger partial charge in [-0.3, -0.25) is 14.7 Å². The first kappa shape index (κ1) is 18.5. The number of likely N-dealkylation sites (N-methyl/N-ethyl adjacent to an activating group) is 2. The van der Waals surface area contributed by atoms with Crippen molar-refractivity contribution in [2.75, 3.05) is 40.3 Å². The Balaban J connectivity index is 1.43. The monoisotopic (exact) mass is 379 g/mol. The summed E-state index contributed by atoms with van der Waals surface area (Å²) in [7, 11) is 4.22. The van der Waals surface area contributed by atoms with Crippen molar-refractivity contribution in [1.82, 2.24) is 34.6 Å². The smallest absolute Gasteiger partial charge is 0.252 e. The summed E-state index contributed by atoms with van der Waals surface area (Å²) in [5.41, 5.74) is 3.08. The van der Waals surface area contributed by atoms with E-state index in [1.165, 1.54) is 0 Å². The van der Waals surface area contributed by atoms with Crippen LogP contribution in [-0.4, -0.2) is 81.5 Å². The van der Waals surface area contributed by atoms with Crippen molar-refractivity contribution < 1.29 is 4.79 Å². The van der Waals surface area contributed by atoms with E-state index in [0.717, 1.165) is 30.8 Å². The van der Waals surface area contributed by atoms with E-state index in [0.29, 0.717) is 30.2 Å². The Bertz CT molecular complexity index is 956. The van der Waals surface area contributed by atoms with E-state index in [2.05, 4.69) is 44.2 Å². The van der Waals surface area contributed by atoms with Crippen molar-refractivity contribution >= 4 is 17.1 Å². The van der Waals surface area contributed by atoms with Crippen LogP contribution in [-0.2, 0) is 6.54 Å². The molecule has 0 radical (unpaired) electrons. The fourth-order valence-electron chi connectivity index (χ4n) is 3.51. The summed E-state index contributed by atoms with van der Waals surface area (Å²) in [4.78, 5) is 30.2. The summed E-state index contributed by atoms with van der Waals surface area (Å²) in [6.45, 7) is 4.28. The van der Waals surface area contributed by atoms with E-state index in [4.69, 9.17) is 0 Å². The maximum Gasteiger partial charge on any atom is 0.252 e. The molecule has 1 atom stereocenters. The number of amides is 1. The number of carbonyl (C=O) groups is 1. The lowest BCUT2D eigenvalue weighted by molar-refractivity contribution is 0.0881. The third kappa shape index (κ3) is 4.02. The molecule has 28 heavy (non-hydrogen) atoms. The topological polar surface area (TPSA) is 79.2 Å². The van der Waals surface area contributed by atoms with Gasteiger partial charge < -0.3 is 14.8 Å². The minimum absolute atomic E-state index is 0.113. The number of hydrogen-bond acceptors (Lipinski definition) is 6. The number of aromatic nitrogens is 4. The molecule has 8 heteroatoms. The number of rotatable bonds is 5. The average molecular weight is 379 g/mol. The molecule has 146 valence electrons. The van der Waals surface area contributed by atoms with Crippen molar-refractivity contribution in [3.05, 3.63) is 54.2 Å². The van der Waals surface area contributed by atoms with Crippen LogP contribution in [0.2, 0.25) is 0 Å². The molecule has 1 aliphatic heterocycles. The third-order valence-corrected chi connectivity index (χ3v) is 5.27. The highest BCUT2D eigenvalue weighted by atomic mass is 16.1. The first-order valence-corrected chi connectivity index (χ1v) is 9.47. The predicted molar refractivity (Wildman–Crippen MR) is 107 cm³/mol. The first-order valence-electron chi connectivity index (χ1n) is 9.47.